The van der Waals surface area contributed by atoms with E-state index in [-0.39, 0.29) is 0 Å². The van der Waals surface area contributed by atoms with Crippen LogP contribution in [0, 0.1) is 5.41 Å². The van der Waals surface area contributed by atoms with Crippen LogP contribution in [0.2, 0.25) is 0 Å². The summed E-state index contributed by atoms with van der Waals surface area (Å²) in [6, 6.07) is 0. The standard InChI is InChI=1S/C20H37N3O2/c1-2-21-19(22-12-7-14-24-16-18-8-6-15-25-18)23-13-11-20(17-23)9-4-3-5-10-20/h18H,2-17H2,1H3,(H,21,22). The molecule has 1 atom stereocenters. The minimum absolute atomic E-state index is 0.331. The molecule has 1 saturated carbocycles. The summed E-state index contributed by atoms with van der Waals surface area (Å²) in [4.78, 5) is 7.37. The van der Waals surface area contributed by atoms with E-state index in [0.29, 0.717) is 11.5 Å². The molecular weight excluding hydrogens is 314 g/mol. The number of likely N-dealkylation sites (tertiary alicyclic amines) is 1. The molecule has 5 heteroatoms. The van der Waals surface area contributed by atoms with Crippen molar-refractivity contribution in [1.29, 1.82) is 0 Å². The van der Waals surface area contributed by atoms with E-state index in [1.165, 1.54) is 58.0 Å². The zero-order valence-electron chi connectivity index (χ0n) is 16.1. The Morgan fingerprint density at radius 2 is 2.12 bits per heavy atom. The minimum Gasteiger partial charge on any atom is -0.379 e. The third kappa shape index (κ3) is 5.58. The molecule has 5 nitrogen and oxygen atoms in total. The number of nitrogens with zero attached hydrogens (tertiary/aromatic N) is 2. The summed E-state index contributed by atoms with van der Waals surface area (Å²) >= 11 is 0. The first-order valence-corrected chi connectivity index (χ1v) is 10.5. The molecule has 3 fully saturated rings. The molecule has 1 spiro atoms. The summed E-state index contributed by atoms with van der Waals surface area (Å²) in [6.45, 7) is 8.75. The lowest BCUT2D eigenvalue weighted by atomic mass is 9.73. The quantitative estimate of drug-likeness (QED) is 0.435. The van der Waals surface area contributed by atoms with Crippen LogP contribution in [0.25, 0.3) is 0 Å². The first-order valence-electron chi connectivity index (χ1n) is 10.5. The SMILES string of the molecule is CCNC(=NCCCOCC1CCCO1)N1CCC2(CCCCC2)C1. The highest BCUT2D eigenvalue weighted by molar-refractivity contribution is 5.80. The number of nitrogens with one attached hydrogen (secondary N) is 1. The van der Waals surface area contributed by atoms with Crippen molar-refractivity contribution in [2.75, 3.05) is 46.0 Å². The van der Waals surface area contributed by atoms with Gasteiger partial charge in [0.05, 0.1) is 12.7 Å². The van der Waals surface area contributed by atoms with Crippen molar-refractivity contribution in [2.45, 2.75) is 70.8 Å². The second kappa shape index (κ2) is 9.77. The van der Waals surface area contributed by atoms with Gasteiger partial charge in [-0.05, 0) is 50.9 Å². The fourth-order valence-corrected chi connectivity index (χ4v) is 4.59. The summed E-state index contributed by atoms with van der Waals surface area (Å²) in [7, 11) is 0. The highest BCUT2D eigenvalue weighted by Crippen LogP contribution is 2.43. The van der Waals surface area contributed by atoms with Gasteiger partial charge in [0.15, 0.2) is 5.96 Å². The van der Waals surface area contributed by atoms with E-state index in [0.717, 1.165) is 51.7 Å². The molecule has 0 amide bonds. The van der Waals surface area contributed by atoms with Crippen LogP contribution in [0.4, 0.5) is 0 Å². The van der Waals surface area contributed by atoms with Crippen LogP contribution in [-0.4, -0.2) is 63.0 Å². The Kier molecular flexibility index (Phi) is 7.41. The molecule has 0 aromatic rings. The molecule has 1 unspecified atom stereocenters. The second-order valence-corrected chi connectivity index (χ2v) is 8.03. The summed E-state index contributed by atoms with van der Waals surface area (Å²) in [6.07, 6.45) is 12.1. The molecule has 3 aliphatic rings. The van der Waals surface area contributed by atoms with Crippen LogP contribution in [-0.2, 0) is 9.47 Å². The predicted molar refractivity (Wildman–Crippen MR) is 102 cm³/mol. The molecule has 25 heavy (non-hydrogen) atoms. The van der Waals surface area contributed by atoms with Crippen LogP contribution < -0.4 is 5.32 Å². The highest BCUT2D eigenvalue weighted by Gasteiger charge is 2.39. The third-order valence-corrected chi connectivity index (χ3v) is 6.02. The van der Waals surface area contributed by atoms with Crippen molar-refractivity contribution in [3.63, 3.8) is 0 Å². The Labute approximate surface area is 153 Å². The molecule has 3 rings (SSSR count). The first-order chi connectivity index (χ1) is 12.3. The van der Waals surface area contributed by atoms with Crippen LogP contribution >= 0.6 is 0 Å². The lowest BCUT2D eigenvalue weighted by Gasteiger charge is -2.33. The minimum atomic E-state index is 0.331. The molecule has 2 heterocycles. The monoisotopic (exact) mass is 351 g/mol. The van der Waals surface area contributed by atoms with Crippen molar-refractivity contribution >= 4 is 5.96 Å². The summed E-state index contributed by atoms with van der Waals surface area (Å²) in [5.74, 6) is 1.11. The van der Waals surface area contributed by atoms with E-state index < -0.39 is 0 Å². The van der Waals surface area contributed by atoms with E-state index in [1.54, 1.807) is 0 Å². The Balaban J connectivity index is 1.38. The van der Waals surface area contributed by atoms with Crippen LogP contribution in [0.1, 0.15) is 64.7 Å². The van der Waals surface area contributed by atoms with Gasteiger partial charge in [0.25, 0.3) is 0 Å². The number of hydrogen-bond donors (Lipinski definition) is 1. The van der Waals surface area contributed by atoms with Gasteiger partial charge in [-0.25, -0.2) is 0 Å². The summed E-state index contributed by atoms with van der Waals surface area (Å²) in [5, 5.41) is 3.50. The maximum absolute atomic E-state index is 5.75. The largest absolute Gasteiger partial charge is 0.379 e. The first kappa shape index (κ1) is 19.0. The zero-order chi connectivity index (χ0) is 17.4. The maximum atomic E-state index is 5.75. The highest BCUT2D eigenvalue weighted by atomic mass is 16.5. The van der Waals surface area contributed by atoms with E-state index in [4.69, 9.17) is 14.5 Å². The summed E-state index contributed by atoms with van der Waals surface area (Å²) < 4.78 is 11.3. The van der Waals surface area contributed by atoms with Gasteiger partial charge in [-0.3, -0.25) is 4.99 Å². The molecule has 1 aliphatic carbocycles. The Morgan fingerprint density at radius 1 is 1.24 bits per heavy atom. The number of rotatable bonds is 7. The van der Waals surface area contributed by atoms with Crippen molar-refractivity contribution in [2.24, 2.45) is 10.4 Å². The second-order valence-electron chi connectivity index (χ2n) is 8.03. The molecule has 0 radical (unpaired) electrons. The smallest absolute Gasteiger partial charge is 0.193 e. The van der Waals surface area contributed by atoms with Gasteiger partial charge >= 0.3 is 0 Å². The topological polar surface area (TPSA) is 46.1 Å². The fourth-order valence-electron chi connectivity index (χ4n) is 4.59. The van der Waals surface area contributed by atoms with Crippen LogP contribution in [0.5, 0.6) is 0 Å². The lowest BCUT2D eigenvalue weighted by molar-refractivity contribution is 0.0170. The number of ether oxygens (including phenoxy) is 2. The molecule has 2 saturated heterocycles. The van der Waals surface area contributed by atoms with Crippen LogP contribution in [0.3, 0.4) is 0 Å². The van der Waals surface area contributed by atoms with E-state index in [9.17, 15) is 0 Å². The number of aliphatic imine (C=N–C) groups is 1. The molecular formula is C20H37N3O2. The Hall–Kier alpha value is -0.810. The van der Waals surface area contributed by atoms with Crippen molar-refractivity contribution in [3.05, 3.63) is 0 Å². The normalized spacial score (nSPS) is 26.5. The molecule has 2 aliphatic heterocycles. The van der Waals surface area contributed by atoms with Gasteiger partial charge in [-0.2, -0.15) is 0 Å². The van der Waals surface area contributed by atoms with Crippen molar-refractivity contribution in [3.8, 4) is 0 Å². The summed E-state index contributed by atoms with van der Waals surface area (Å²) in [5.41, 5.74) is 0.582. The fraction of sp³-hybridized carbons (Fsp3) is 0.950. The third-order valence-electron chi connectivity index (χ3n) is 6.02. The van der Waals surface area contributed by atoms with Gasteiger partial charge < -0.3 is 19.7 Å². The number of hydrogen-bond acceptors (Lipinski definition) is 3. The maximum Gasteiger partial charge on any atom is 0.193 e. The van der Waals surface area contributed by atoms with Crippen molar-refractivity contribution < 1.29 is 9.47 Å². The Morgan fingerprint density at radius 3 is 2.88 bits per heavy atom. The van der Waals surface area contributed by atoms with Crippen LogP contribution in [0.15, 0.2) is 4.99 Å². The van der Waals surface area contributed by atoms with E-state index in [2.05, 4.69) is 17.1 Å². The number of guanidine groups is 1. The molecule has 1 N–H and O–H groups in total. The average Bonchev–Trinajstić information content (AvgIpc) is 3.28. The Bertz CT molecular complexity index is 415. The molecule has 0 bridgehead atoms. The van der Waals surface area contributed by atoms with E-state index >= 15 is 0 Å². The van der Waals surface area contributed by atoms with Crippen molar-refractivity contribution in [1.82, 2.24) is 10.2 Å². The average molecular weight is 352 g/mol. The van der Waals surface area contributed by atoms with Gasteiger partial charge in [-0.15, -0.1) is 0 Å². The zero-order valence-corrected chi connectivity index (χ0v) is 16.1. The van der Waals surface area contributed by atoms with Gasteiger partial charge in [0, 0.05) is 39.4 Å². The molecule has 144 valence electrons. The van der Waals surface area contributed by atoms with E-state index in [1.807, 2.05) is 0 Å². The van der Waals surface area contributed by atoms with Gasteiger partial charge in [-0.1, -0.05) is 19.3 Å². The lowest BCUT2D eigenvalue weighted by Crippen LogP contribution is -2.41. The molecule has 0 aromatic heterocycles. The van der Waals surface area contributed by atoms with Gasteiger partial charge in [0.2, 0.25) is 0 Å². The predicted octanol–water partition coefficient (Wildman–Crippen LogP) is 3.19. The van der Waals surface area contributed by atoms with Gasteiger partial charge in [0.1, 0.15) is 0 Å². The molecule has 0 aromatic carbocycles.